The first-order chi connectivity index (χ1) is 16.0. The number of hydrogen-bond acceptors (Lipinski definition) is 6. The van der Waals surface area contributed by atoms with E-state index in [0.717, 1.165) is 32.4 Å². The van der Waals surface area contributed by atoms with Gasteiger partial charge in [-0.25, -0.2) is 4.39 Å². The van der Waals surface area contributed by atoms with Crippen molar-refractivity contribution in [3.05, 3.63) is 71.9 Å². The molecule has 2 aromatic carbocycles. The molecule has 1 aliphatic heterocycles. The van der Waals surface area contributed by atoms with Gasteiger partial charge in [0.05, 0.1) is 5.25 Å². The molecule has 0 saturated carbocycles. The highest BCUT2D eigenvalue weighted by Gasteiger charge is 2.28. The molecule has 174 valence electrons. The van der Waals surface area contributed by atoms with Gasteiger partial charge in [-0.15, -0.1) is 10.2 Å². The lowest BCUT2D eigenvalue weighted by Crippen LogP contribution is -2.42. The fourth-order valence-corrected chi connectivity index (χ4v) is 4.75. The van der Waals surface area contributed by atoms with Crippen LogP contribution >= 0.6 is 11.8 Å². The molecule has 0 N–H and O–H groups in total. The molecule has 0 aliphatic carbocycles. The molecular weight excluding hydrogens is 441 g/mol. The Labute approximate surface area is 197 Å². The average Bonchev–Trinajstić information content (AvgIpc) is 3.30. The van der Waals surface area contributed by atoms with Crippen molar-refractivity contribution in [1.29, 1.82) is 0 Å². The third-order valence-corrected chi connectivity index (χ3v) is 6.75. The topological polar surface area (TPSA) is 68.5 Å². The highest BCUT2D eigenvalue weighted by Crippen LogP contribution is 2.29. The van der Waals surface area contributed by atoms with E-state index in [1.807, 2.05) is 17.9 Å². The van der Waals surface area contributed by atoms with Crippen molar-refractivity contribution in [3.8, 4) is 5.75 Å². The molecule has 1 aliphatic rings. The second-order valence-electron chi connectivity index (χ2n) is 8.32. The van der Waals surface area contributed by atoms with E-state index in [9.17, 15) is 9.18 Å². The number of benzene rings is 2. The first kappa shape index (κ1) is 23.3. The van der Waals surface area contributed by atoms with Gasteiger partial charge in [-0.05, 0) is 56.7 Å². The summed E-state index contributed by atoms with van der Waals surface area (Å²) in [5.41, 5.74) is 1.35. The number of para-hydroxylation sites is 1. The van der Waals surface area contributed by atoms with Crippen LogP contribution in [0.4, 0.5) is 4.39 Å². The maximum atomic E-state index is 13.8. The van der Waals surface area contributed by atoms with E-state index in [4.69, 9.17) is 9.15 Å². The molecular formula is C25H28FN3O3S. The second-order valence-corrected chi connectivity index (χ2v) is 9.61. The predicted octanol–water partition coefficient (Wildman–Crippen LogP) is 5.31. The van der Waals surface area contributed by atoms with Gasteiger partial charge in [0.15, 0.2) is 17.7 Å². The number of likely N-dealkylation sites (tertiary alicyclic amines) is 1. The van der Waals surface area contributed by atoms with Crippen LogP contribution in [0, 0.1) is 11.7 Å². The zero-order valence-corrected chi connectivity index (χ0v) is 19.6. The van der Waals surface area contributed by atoms with E-state index in [1.54, 1.807) is 25.1 Å². The lowest BCUT2D eigenvalue weighted by molar-refractivity contribution is -0.131. The summed E-state index contributed by atoms with van der Waals surface area (Å²) in [6.45, 7) is 5.10. The van der Waals surface area contributed by atoms with Crippen LogP contribution in [0.5, 0.6) is 5.75 Å². The number of hydrogen-bond donors (Lipinski definition) is 0. The molecule has 2 atom stereocenters. The van der Waals surface area contributed by atoms with Crippen molar-refractivity contribution in [3.63, 3.8) is 0 Å². The molecule has 0 radical (unpaired) electrons. The molecule has 1 saturated heterocycles. The van der Waals surface area contributed by atoms with Crippen LogP contribution in [0.2, 0.25) is 0 Å². The number of piperidine rings is 1. The molecule has 0 spiro atoms. The molecule has 8 heteroatoms. The lowest BCUT2D eigenvalue weighted by Gasteiger charge is -2.33. The largest absolute Gasteiger partial charge is 0.478 e. The molecule has 33 heavy (non-hydrogen) atoms. The van der Waals surface area contributed by atoms with Crippen molar-refractivity contribution in [2.45, 2.75) is 49.7 Å². The Balaban J connectivity index is 1.26. The summed E-state index contributed by atoms with van der Waals surface area (Å²) in [7, 11) is 0. The molecule has 1 fully saturated rings. The summed E-state index contributed by atoms with van der Waals surface area (Å²) in [6.07, 6.45) is 2.46. The minimum Gasteiger partial charge on any atom is -0.478 e. The van der Waals surface area contributed by atoms with Gasteiger partial charge in [0.1, 0.15) is 0 Å². The Morgan fingerprint density at radius 1 is 1.12 bits per heavy atom. The molecule has 2 heterocycles. The standard InChI is InChI=1S/C25H28FN3O3S/c1-17(31-22-11-7-6-10-21(22)26)23-27-28-25(32-23)33-18(2)24(30)29-14-12-20(13-15-29)16-19-8-4-3-5-9-19/h3-11,17-18,20H,12-16H2,1-2H3. The van der Waals surface area contributed by atoms with Crippen LogP contribution in [-0.4, -0.2) is 39.3 Å². The fraction of sp³-hybridized carbons (Fsp3) is 0.400. The number of rotatable bonds is 8. The van der Waals surface area contributed by atoms with Gasteiger partial charge in [-0.2, -0.15) is 0 Å². The van der Waals surface area contributed by atoms with Crippen molar-refractivity contribution in [2.75, 3.05) is 13.1 Å². The Bertz CT molecular complexity index is 1050. The van der Waals surface area contributed by atoms with Crippen LogP contribution in [0.1, 0.15) is 44.2 Å². The van der Waals surface area contributed by atoms with E-state index in [1.165, 1.54) is 23.4 Å². The van der Waals surface area contributed by atoms with E-state index < -0.39 is 11.9 Å². The second kappa shape index (κ2) is 10.8. The van der Waals surface area contributed by atoms with Crippen LogP contribution in [0.3, 0.4) is 0 Å². The van der Waals surface area contributed by atoms with Crippen LogP contribution < -0.4 is 4.74 Å². The van der Waals surface area contributed by atoms with Gasteiger partial charge in [-0.3, -0.25) is 4.79 Å². The van der Waals surface area contributed by atoms with Gasteiger partial charge in [0.2, 0.25) is 5.91 Å². The van der Waals surface area contributed by atoms with Crippen LogP contribution in [0.25, 0.3) is 0 Å². The predicted molar refractivity (Wildman–Crippen MR) is 125 cm³/mol. The fourth-order valence-electron chi connectivity index (χ4n) is 3.98. The molecule has 1 amide bonds. The first-order valence-corrected chi connectivity index (χ1v) is 12.1. The van der Waals surface area contributed by atoms with Crippen molar-refractivity contribution < 1.29 is 18.3 Å². The lowest BCUT2D eigenvalue weighted by atomic mass is 9.90. The zero-order valence-electron chi connectivity index (χ0n) is 18.8. The molecule has 2 unspecified atom stereocenters. The third kappa shape index (κ3) is 6.13. The molecule has 4 rings (SSSR count). The van der Waals surface area contributed by atoms with Gasteiger partial charge in [0.25, 0.3) is 11.1 Å². The highest BCUT2D eigenvalue weighted by molar-refractivity contribution is 8.00. The summed E-state index contributed by atoms with van der Waals surface area (Å²) in [5, 5.41) is 8.00. The summed E-state index contributed by atoms with van der Waals surface area (Å²) in [4.78, 5) is 14.9. The number of carbonyl (C=O) groups is 1. The maximum absolute atomic E-state index is 13.8. The van der Waals surface area contributed by atoms with Gasteiger partial charge in [-0.1, -0.05) is 54.2 Å². The molecule has 6 nitrogen and oxygen atoms in total. The molecule has 1 aromatic heterocycles. The number of halogens is 1. The Morgan fingerprint density at radius 3 is 2.55 bits per heavy atom. The molecule has 0 bridgehead atoms. The SMILES string of the molecule is CC(Sc1nnc(C(C)Oc2ccccc2F)o1)C(=O)N1CCC(Cc2ccccc2)CC1. The minimum atomic E-state index is -0.613. The summed E-state index contributed by atoms with van der Waals surface area (Å²) >= 11 is 1.24. The normalized spacial score (nSPS) is 16.4. The quantitative estimate of drug-likeness (QED) is 0.417. The summed E-state index contributed by atoms with van der Waals surface area (Å²) in [6, 6.07) is 16.7. The number of amides is 1. The van der Waals surface area contributed by atoms with Crippen molar-refractivity contribution in [1.82, 2.24) is 15.1 Å². The zero-order chi connectivity index (χ0) is 23.2. The number of carbonyl (C=O) groups excluding carboxylic acids is 1. The van der Waals surface area contributed by atoms with Crippen LogP contribution in [0.15, 0.2) is 64.2 Å². The first-order valence-electron chi connectivity index (χ1n) is 11.2. The minimum absolute atomic E-state index is 0.0774. The Morgan fingerprint density at radius 2 is 1.82 bits per heavy atom. The number of nitrogens with zero attached hydrogens (tertiary/aromatic N) is 3. The summed E-state index contributed by atoms with van der Waals surface area (Å²) < 4.78 is 25.1. The monoisotopic (exact) mass is 469 g/mol. The van der Waals surface area contributed by atoms with Crippen molar-refractivity contribution >= 4 is 17.7 Å². The number of thioether (sulfide) groups is 1. The van der Waals surface area contributed by atoms with E-state index in [0.29, 0.717) is 11.1 Å². The smallest absolute Gasteiger partial charge is 0.277 e. The van der Waals surface area contributed by atoms with Gasteiger partial charge in [0, 0.05) is 13.1 Å². The Hall–Kier alpha value is -2.87. The maximum Gasteiger partial charge on any atom is 0.277 e. The molecule has 3 aromatic rings. The van der Waals surface area contributed by atoms with Crippen molar-refractivity contribution in [2.24, 2.45) is 5.92 Å². The van der Waals surface area contributed by atoms with Gasteiger partial charge >= 0.3 is 0 Å². The number of aromatic nitrogens is 2. The van der Waals surface area contributed by atoms with E-state index in [-0.39, 0.29) is 22.8 Å². The highest BCUT2D eigenvalue weighted by atomic mass is 32.2. The number of ether oxygens (including phenoxy) is 1. The third-order valence-electron chi connectivity index (χ3n) is 5.83. The Kier molecular flexibility index (Phi) is 7.65. The van der Waals surface area contributed by atoms with Gasteiger partial charge < -0.3 is 14.1 Å². The summed E-state index contributed by atoms with van der Waals surface area (Å²) in [5.74, 6) is 0.589. The average molecular weight is 470 g/mol. The van der Waals surface area contributed by atoms with Crippen LogP contribution in [-0.2, 0) is 11.2 Å². The van der Waals surface area contributed by atoms with E-state index in [2.05, 4.69) is 34.5 Å². The van der Waals surface area contributed by atoms with E-state index >= 15 is 0 Å².